The molecule has 0 radical (unpaired) electrons. The maximum Gasteiger partial charge on any atom is 0.325 e. The van der Waals surface area contributed by atoms with Gasteiger partial charge in [0.2, 0.25) is 0 Å². The van der Waals surface area contributed by atoms with Crippen LogP contribution in [0.15, 0.2) is 16.3 Å². The van der Waals surface area contributed by atoms with Gasteiger partial charge in [-0.1, -0.05) is 6.92 Å². The molecule has 1 aliphatic rings. The van der Waals surface area contributed by atoms with Crippen LogP contribution in [0.2, 0.25) is 0 Å². The second kappa shape index (κ2) is 4.82. The molecule has 0 saturated carbocycles. The molecule has 2 N–H and O–H groups in total. The zero-order chi connectivity index (χ0) is 14.3. The quantitative estimate of drug-likeness (QED) is 0.660. The molecule has 1 unspecified atom stereocenters. The number of hydrogen-bond acceptors (Lipinski definition) is 6. The summed E-state index contributed by atoms with van der Waals surface area (Å²) in [5.41, 5.74) is 5.44. The van der Waals surface area contributed by atoms with Crippen LogP contribution in [0.1, 0.15) is 13.3 Å². The first-order chi connectivity index (χ1) is 8.78. The summed E-state index contributed by atoms with van der Waals surface area (Å²) < 4.78 is 26.1. The van der Waals surface area contributed by atoms with Gasteiger partial charge in [-0.3, -0.25) is 10.1 Å². The Morgan fingerprint density at radius 2 is 2.26 bits per heavy atom. The minimum absolute atomic E-state index is 0.0143. The number of hydrogen-bond donors (Lipinski definition) is 1. The van der Waals surface area contributed by atoms with Crippen molar-refractivity contribution in [3.8, 4) is 0 Å². The number of thiophene rings is 1. The smallest absolute Gasteiger partial charge is 0.325 e. The highest BCUT2D eigenvalue weighted by Crippen LogP contribution is 2.35. The van der Waals surface area contributed by atoms with Crippen molar-refractivity contribution in [1.29, 1.82) is 0 Å². The van der Waals surface area contributed by atoms with Crippen LogP contribution in [-0.4, -0.2) is 37.3 Å². The lowest BCUT2D eigenvalue weighted by Crippen LogP contribution is -2.34. The van der Waals surface area contributed by atoms with E-state index in [0.717, 1.165) is 0 Å². The highest BCUT2D eigenvalue weighted by Gasteiger charge is 2.39. The summed E-state index contributed by atoms with van der Waals surface area (Å²) in [5, 5.41) is 10.4. The summed E-state index contributed by atoms with van der Waals surface area (Å²) in [6.45, 7) is 3.13. The van der Waals surface area contributed by atoms with Gasteiger partial charge in [-0.05, 0) is 35.8 Å². The van der Waals surface area contributed by atoms with E-state index >= 15 is 0 Å². The third kappa shape index (κ3) is 2.64. The van der Waals surface area contributed by atoms with Crippen LogP contribution in [-0.2, 0) is 10.0 Å². The minimum Gasteiger partial charge on any atom is -0.330 e. The molecule has 2 heterocycles. The summed E-state index contributed by atoms with van der Waals surface area (Å²) in [6.07, 6.45) is 0.705. The van der Waals surface area contributed by atoms with Gasteiger partial charge in [-0.15, -0.1) is 0 Å². The van der Waals surface area contributed by atoms with Gasteiger partial charge in [0.1, 0.15) is 4.21 Å². The molecule has 0 aromatic carbocycles. The average Bonchev–Trinajstić information content (AvgIpc) is 2.96. The standard InChI is InChI=1S/C10H15N3O4S2/c1-10(6-11)4-5-12(7-10)19(16,17)9-3-2-8(18-9)13(14)15/h2-3H,4-7,11H2,1H3. The number of nitrogens with two attached hydrogens (primary N) is 1. The van der Waals surface area contributed by atoms with Crippen molar-refractivity contribution in [2.75, 3.05) is 19.6 Å². The SMILES string of the molecule is CC1(CN)CCN(S(=O)(=O)c2ccc([N+](=O)[O-])s2)C1. The molecular weight excluding hydrogens is 290 g/mol. The van der Waals surface area contributed by atoms with Crippen molar-refractivity contribution in [2.24, 2.45) is 11.1 Å². The fourth-order valence-corrected chi connectivity index (χ4v) is 4.88. The minimum atomic E-state index is -3.64. The topological polar surface area (TPSA) is 107 Å². The highest BCUT2D eigenvalue weighted by atomic mass is 32.2. The molecule has 106 valence electrons. The van der Waals surface area contributed by atoms with Crippen molar-refractivity contribution < 1.29 is 13.3 Å². The molecule has 19 heavy (non-hydrogen) atoms. The predicted molar refractivity (Wildman–Crippen MR) is 71.5 cm³/mol. The van der Waals surface area contributed by atoms with Crippen molar-refractivity contribution in [3.05, 3.63) is 22.2 Å². The molecule has 1 aromatic rings. The van der Waals surface area contributed by atoms with Crippen LogP contribution in [0.3, 0.4) is 0 Å². The molecule has 1 saturated heterocycles. The van der Waals surface area contributed by atoms with Crippen LogP contribution >= 0.6 is 11.3 Å². The van der Waals surface area contributed by atoms with E-state index in [2.05, 4.69) is 0 Å². The molecule has 1 aliphatic heterocycles. The van der Waals surface area contributed by atoms with E-state index in [0.29, 0.717) is 37.4 Å². The summed E-state index contributed by atoms with van der Waals surface area (Å²) in [7, 11) is -3.64. The van der Waals surface area contributed by atoms with Gasteiger partial charge in [0.05, 0.1) is 4.92 Å². The largest absolute Gasteiger partial charge is 0.330 e. The van der Waals surface area contributed by atoms with Gasteiger partial charge in [-0.25, -0.2) is 8.42 Å². The normalized spacial score (nSPS) is 24.7. The lowest BCUT2D eigenvalue weighted by molar-refractivity contribution is -0.380. The average molecular weight is 305 g/mol. The molecule has 0 aliphatic carbocycles. The Kier molecular flexibility index (Phi) is 3.65. The summed E-state index contributed by atoms with van der Waals surface area (Å²) in [6, 6.07) is 2.51. The van der Waals surface area contributed by atoms with Crippen LogP contribution in [0.4, 0.5) is 5.00 Å². The summed E-state index contributed by atoms with van der Waals surface area (Å²) >= 11 is 0.683. The lowest BCUT2D eigenvalue weighted by Gasteiger charge is -2.21. The lowest BCUT2D eigenvalue weighted by atomic mass is 9.90. The number of sulfonamides is 1. The van der Waals surface area contributed by atoms with Gasteiger partial charge < -0.3 is 5.73 Å². The maximum absolute atomic E-state index is 12.3. The second-order valence-corrected chi connectivity index (χ2v) is 8.18. The van der Waals surface area contributed by atoms with Crippen LogP contribution in [0.25, 0.3) is 0 Å². The highest BCUT2D eigenvalue weighted by molar-refractivity contribution is 7.91. The fraction of sp³-hybridized carbons (Fsp3) is 0.600. The van der Waals surface area contributed by atoms with Gasteiger partial charge in [0, 0.05) is 19.2 Å². The van der Waals surface area contributed by atoms with Gasteiger partial charge >= 0.3 is 5.00 Å². The van der Waals surface area contributed by atoms with E-state index < -0.39 is 14.9 Å². The molecule has 0 amide bonds. The molecular formula is C10H15N3O4S2. The Bertz CT molecular complexity index is 598. The first kappa shape index (κ1) is 14.4. The van der Waals surface area contributed by atoms with E-state index in [-0.39, 0.29) is 14.6 Å². The number of nitro groups is 1. The Hall–Kier alpha value is -1.03. The number of rotatable bonds is 4. The van der Waals surface area contributed by atoms with E-state index in [9.17, 15) is 18.5 Å². The molecule has 0 bridgehead atoms. The molecule has 0 spiro atoms. The van der Waals surface area contributed by atoms with Crippen molar-refractivity contribution >= 4 is 26.4 Å². The monoisotopic (exact) mass is 305 g/mol. The Morgan fingerprint density at radius 3 is 2.74 bits per heavy atom. The van der Waals surface area contributed by atoms with E-state index in [4.69, 9.17) is 5.73 Å². The fourth-order valence-electron chi connectivity index (χ4n) is 2.02. The molecule has 1 aromatic heterocycles. The van der Waals surface area contributed by atoms with Gasteiger partial charge in [0.15, 0.2) is 0 Å². The predicted octanol–water partition coefficient (Wildman–Crippen LogP) is 1.02. The zero-order valence-corrected chi connectivity index (χ0v) is 12.0. The number of nitrogens with zero attached hydrogens (tertiary/aromatic N) is 2. The zero-order valence-electron chi connectivity index (χ0n) is 10.4. The van der Waals surface area contributed by atoms with Crippen LogP contribution < -0.4 is 5.73 Å². The molecule has 1 fully saturated rings. The third-order valence-corrected chi connectivity index (χ3v) is 6.71. The van der Waals surface area contributed by atoms with Crippen molar-refractivity contribution in [2.45, 2.75) is 17.6 Å². The van der Waals surface area contributed by atoms with Crippen LogP contribution in [0, 0.1) is 15.5 Å². The first-order valence-corrected chi connectivity index (χ1v) is 7.99. The Balaban J connectivity index is 2.26. The summed E-state index contributed by atoms with van der Waals surface area (Å²) in [4.78, 5) is 10.0. The molecule has 2 rings (SSSR count). The van der Waals surface area contributed by atoms with Crippen molar-refractivity contribution in [1.82, 2.24) is 4.31 Å². The Labute approximate surface area is 115 Å². The van der Waals surface area contributed by atoms with Crippen LogP contribution in [0.5, 0.6) is 0 Å². The summed E-state index contributed by atoms with van der Waals surface area (Å²) in [5.74, 6) is 0. The molecule has 7 nitrogen and oxygen atoms in total. The molecule has 9 heteroatoms. The van der Waals surface area contributed by atoms with E-state index in [1.807, 2.05) is 6.92 Å². The van der Waals surface area contributed by atoms with Crippen molar-refractivity contribution in [3.63, 3.8) is 0 Å². The van der Waals surface area contributed by atoms with Gasteiger partial charge in [0.25, 0.3) is 10.0 Å². The van der Waals surface area contributed by atoms with Gasteiger partial charge in [-0.2, -0.15) is 4.31 Å². The maximum atomic E-state index is 12.3. The second-order valence-electron chi connectivity index (χ2n) is 4.95. The van der Waals surface area contributed by atoms with E-state index in [1.165, 1.54) is 16.4 Å². The third-order valence-electron chi connectivity index (χ3n) is 3.36. The first-order valence-electron chi connectivity index (χ1n) is 5.73. The molecule has 1 atom stereocenters. The van der Waals surface area contributed by atoms with E-state index in [1.54, 1.807) is 0 Å². The Morgan fingerprint density at radius 1 is 1.58 bits per heavy atom.